The zero-order valence-corrected chi connectivity index (χ0v) is 13.6. The smallest absolute Gasteiger partial charge is 0.252 e. The van der Waals surface area contributed by atoms with Crippen molar-refractivity contribution in [1.29, 1.82) is 0 Å². The van der Waals surface area contributed by atoms with E-state index in [-0.39, 0.29) is 18.6 Å². The highest BCUT2D eigenvalue weighted by atomic mass is 79.9. The average Bonchev–Trinajstić information content (AvgIpc) is 2.50. The number of carbonyl (C=O) groups is 1. The molecule has 0 aliphatic carbocycles. The molecule has 0 aliphatic heterocycles. The lowest BCUT2D eigenvalue weighted by molar-refractivity contribution is 0.0915. The Morgan fingerprint density at radius 2 is 1.95 bits per heavy atom. The summed E-state index contributed by atoms with van der Waals surface area (Å²) in [5, 5.41) is 12.8. The molecule has 1 atom stereocenters. The van der Waals surface area contributed by atoms with Gasteiger partial charge in [0, 0.05) is 9.50 Å². The first-order valence-electron chi connectivity index (χ1n) is 6.51. The minimum atomic E-state index is -0.342. The number of aliphatic hydroxyl groups excluding tert-OH is 1. The van der Waals surface area contributed by atoms with E-state index in [4.69, 9.17) is 11.6 Å². The number of carbonyl (C=O) groups excluding carboxylic acids is 1. The molecule has 2 aromatic carbocycles. The molecule has 21 heavy (non-hydrogen) atoms. The van der Waals surface area contributed by atoms with Crippen molar-refractivity contribution in [2.24, 2.45) is 0 Å². The molecule has 3 nitrogen and oxygen atoms in total. The molecule has 0 heterocycles. The van der Waals surface area contributed by atoms with Crippen LogP contribution < -0.4 is 5.32 Å². The fourth-order valence-electron chi connectivity index (χ4n) is 1.99. The summed E-state index contributed by atoms with van der Waals surface area (Å²) in [7, 11) is 0. The molecule has 0 aromatic heterocycles. The van der Waals surface area contributed by atoms with Gasteiger partial charge in [0.2, 0.25) is 0 Å². The van der Waals surface area contributed by atoms with E-state index in [0.29, 0.717) is 21.5 Å². The summed E-state index contributed by atoms with van der Waals surface area (Å²) in [6, 6.07) is 14.4. The zero-order valence-electron chi connectivity index (χ0n) is 11.2. The minimum absolute atomic E-state index is 0.126. The van der Waals surface area contributed by atoms with E-state index in [0.717, 1.165) is 5.56 Å². The molecule has 1 amide bonds. The van der Waals surface area contributed by atoms with Crippen LogP contribution in [0.4, 0.5) is 0 Å². The molecule has 0 aliphatic rings. The van der Waals surface area contributed by atoms with Crippen LogP contribution in [0, 0.1) is 0 Å². The second-order valence-corrected chi connectivity index (χ2v) is 5.96. The molecule has 0 bridgehead atoms. The maximum atomic E-state index is 12.3. The Bertz CT molecular complexity index is 619. The molecule has 2 aromatic rings. The third-order valence-corrected chi connectivity index (χ3v) is 3.98. The second kappa shape index (κ2) is 7.59. The van der Waals surface area contributed by atoms with E-state index >= 15 is 0 Å². The van der Waals surface area contributed by atoms with Crippen molar-refractivity contribution >= 4 is 33.4 Å². The van der Waals surface area contributed by atoms with Gasteiger partial charge in [-0.25, -0.2) is 0 Å². The summed E-state index contributed by atoms with van der Waals surface area (Å²) < 4.78 is 0.667. The largest absolute Gasteiger partial charge is 0.394 e. The Morgan fingerprint density at radius 3 is 2.62 bits per heavy atom. The Balaban J connectivity index is 2.07. The van der Waals surface area contributed by atoms with Crippen LogP contribution in [-0.4, -0.2) is 23.7 Å². The third-order valence-electron chi connectivity index (χ3n) is 3.05. The lowest BCUT2D eigenvalue weighted by Gasteiger charge is -2.17. The first kappa shape index (κ1) is 16.0. The monoisotopic (exact) mass is 367 g/mol. The molecular formula is C16H15BrClNO2. The first-order chi connectivity index (χ1) is 10.1. The Kier molecular flexibility index (Phi) is 5.79. The van der Waals surface area contributed by atoms with E-state index < -0.39 is 0 Å². The van der Waals surface area contributed by atoms with Crippen LogP contribution in [0.1, 0.15) is 15.9 Å². The summed E-state index contributed by atoms with van der Waals surface area (Å²) in [5.74, 6) is -0.264. The maximum Gasteiger partial charge on any atom is 0.252 e. The zero-order chi connectivity index (χ0) is 15.2. The number of benzene rings is 2. The minimum Gasteiger partial charge on any atom is -0.394 e. The fourth-order valence-corrected chi connectivity index (χ4v) is 2.59. The number of halogens is 2. The van der Waals surface area contributed by atoms with Crippen molar-refractivity contribution in [3.8, 4) is 0 Å². The van der Waals surface area contributed by atoms with Gasteiger partial charge in [0.15, 0.2) is 0 Å². The van der Waals surface area contributed by atoms with Gasteiger partial charge in [-0.1, -0.05) is 41.9 Å². The van der Waals surface area contributed by atoms with Crippen LogP contribution in [0.3, 0.4) is 0 Å². The van der Waals surface area contributed by atoms with E-state index in [9.17, 15) is 9.90 Å². The lowest BCUT2D eigenvalue weighted by Crippen LogP contribution is -2.39. The lowest BCUT2D eigenvalue weighted by atomic mass is 10.1. The van der Waals surface area contributed by atoms with Gasteiger partial charge in [0.25, 0.3) is 5.91 Å². The SMILES string of the molecule is O=C(N[C@@H](CO)Cc1ccccc1)c1cc(Cl)ccc1Br. The number of hydrogen-bond acceptors (Lipinski definition) is 2. The summed E-state index contributed by atoms with van der Waals surface area (Å²) in [6.07, 6.45) is 0.571. The van der Waals surface area contributed by atoms with Crippen LogP contribution in [0.25, 0.3) is 0 Å². The van der Waals surface area contributed by atoms with Gasteiger partial charge in [0.05, 0.1) is 18.2 Å². The Morgan fingerprint density at radius 1 is 1.24 bits per heavy atom. The summed E-state index contributed by atoms with van der Waals surface area (Å²) in [4.78, 5) is 12.3. The molecule has 0 fully saturated rings. The van der Waals surface area contributed by atoms with Crippen molar-refractivity contribution in [1.82, 2.24) is 5.32 Å². The number of nitrogens with one attached hydrogen (secondary N) is 1. The van der Waals surface area contributed by atoms with Gasteiger partial charge >= 0.3 is 0 Å². The van der Waals surface area contributed by atoms with Crippen molar-refractivity contribution in [3.05, 3.63) is 69.2 Å². The van der Waals surface area contributed by atoms with Crippen LogP contribution >= 0.6 is 27.5 Å². The number of hydrogen-bond donors (Lipinski definition) is 2. The number of rotatable bonds is 5. The summed E-state index contributed by atoms with van der Waals surface area (Å²) in [5.41, 5.74) is 1.51. The number of aliphatic hydroxyl groups is 1. The molecule has 2 N–H and O–H groups in total. The van der Waals surface area contributed by atoms with E-state index in [1.165, 1.54) is 0 Å². The van der Waals surface area contributed by atoms with Gasteiger partial charge in [-0.3, -0.25) is 4.79 Å². The highest BCUT2D eigenvalue weighted by molar-refractivity contribution is 9.10. The predicted octanol–water partition coefficient (Wildman–Crippen LogP) is 3.44. The maximum absolute atomic E-state index is 12.3. The highest BCUT2D eigenvalue weighted by Gasteiger charge is 2.16. The Hall–Kier alpha value is -1.36. The van der Waals surface area contributed by atoms with E-state index in [1.807, 2.05) is 30.3 Å². The van der Waals surface area contributed by atoms with Crippen LogP contribution in [0.2, 0.25) is 5.02 Å². The molecule has 0 spiro atoms. The first-order valence-corrected chi connectivity index (χ1v) is 7.68. The normalized spacial score (nSPS) is 12.0. The van der Waals surface area contributed by atoms with Gasteiger partial charge < -0.3 is 10.4 Å². The topological polar surface area (TPSA) is 49.3 Å². The molecule has 0 radical (unpaired) electrons. The second-order valence-electron chi connectivity index (χ2n) is 4.67. The van der Waals surface area contributed by atoms with Crippen molar-refractivity contribution in [2.45, 2.75) is 12.5 Å². The molecule has 110 valence electrons. The van der Waals surface area contributed by atoms with Crippen molar-refractivity contribution in [2.75, 3.05) is 6.61 Å². The quantitative estimate of drug-likeness (QED) is 0.849. The molecule has 5 heteroatoms. The van der Waals surface area contributed by atoms with Crippen molar-refractivity contribution in [3.63, 3.8) is 0 Å². The molecule has 0 saturated heterocycles. The van der Waals surface area contributed by atoms with Crippen LogP contribution in [-0.2, 0) is 6.42 Å². The number of amides is 1. The van der Waals surface area contributed by atoms with Gasteiger partial charge in [0.1, 0.15) is 0 Å². The summed E-state index contributed by atoms with van der Waals surface area (Å²) in [6.45, 7) is -0.126. The molecule has 0 saturated carbocycles. The standard InChI is InChI=1S/C16H15BrClNO2/c17-15-7-6-12(18)9-14(15)16(21)19-13(10-20)8-11-4-2-1-3-5-11/h1-7,9,13,20H,8,10H2,(H,19,21)/t13-/m1/s1. The van der Waals surface area contributed by atoms with E-state index in [1.54, 1.807) is 18.2 Å². The molecule has 2 rings (SSSR count). The van der Waals surface area contributed by atoms with Crippen LogP contribution in [0.5, 0.6) is 0 Å². The summed E-state index contributed by atoms with van der Waals surface area (Å²) >= 11 is 9.24. The molecule has 0 unspecified atom stereocenters. The van der Waals surface area contributed by atoms with E-state index in [2.05, 4.69) is 21.2 Å². The fraction of sp³-hybridized carbons (Fsp3) is 0.188. The van der Waals surface area contributed by atoms with Gasteiger partial charge in [-0.05, 0) is 46.1 Å². The highest BCUT2D eigenvalue weighted by Crippen LogP contribution is 2.21. The van der Waals surface area contributed by atoms with Gasteiger partial charge in [-0.2, -0.15) is 0 Å². The van der Waals surface area contributed by atoms with Crippen molar-refractivity contribution < 1.29 is 9.90 Å². The Labute approximate surface area is 137 Å². The third kappa shape index (κ3) is 4.56. The predicted molar refractivity (Wildman–Crippen MR) is 87.6 cm³/mol. The molecular weight excluding hydrogens is 354 g/mol. The van der Waals surface area contributed by atoms with Crippen LogP contribution in [0.15, 0.2) is 53.0 Å². The van der Waals surface area contributed by atoms with Gasteiger partial charge in [-0.15, -0.1) is 0 Å². The average molecular weight is 369 g/mol.